The van der Waals surface area contributed by atoms with Crippen LogP contribution in [0.15, 0.2) is 12.2 Å². The summed E-state index contributed by atoms with van der Waals surface area (Å²) in [6.07, 6.45) is 31.1. The average Bonchev–Trinajstić information content (AvgIpc) is 2.72. The summed E-state index contributed by atoms with van der Waals surface area (Å²) in [5, 5.41) is 18.3. The lowest BCUT2D eigenvalue weighted by atomic mass is 9.87. The molecule has 0 aromatic rings. The largest absolute Gasteiger partial charge is 0.396 e. The lowest BCUT2D eigenvalue weighted by Gasteiger charge is -2.28. The van der Waals surface area contributed by atoms with Crippen molar-refractivity contribution in [3.8, 4) is 0 Å². The van der Waals surface area contributed by atoms with Gasteiger partial charge in [-0.25, -0.2) is 0 Å². The molecule has 0 aromatic carbocycles. The number of unbranched alkanes of at least 4 members (excludes halogenated alkanes) is 16. The van der Waals surface area contributed by atoms with Crippen molar-refractivity contribution in [2.24, 2.45) is 5.73 Å². The fraction of sp³-hybridized carbons (Fsp3) is 0.926. The van der Waals surface area contributed by atoms with E-state index < -0.39 is 0 Å². The molecular formula is C27H56ClNO2. The molecule has 0 radical (unpaired) electrons. The molecule has 0 aliphatic rings. The van der Waals surface area contributed by atoms with E-state index in [-0.39, 0.29) is 31.2 Å². The molecule has 31 heavy (non-hydrogen) atoms. The number of rotatable bonds is 24. The molecule has 0 spiro atoms. The van der Waals surface area contributed by atoms with Crippen molar-refractivity contribution < 1.29 is 10.2 Å². The number of aliphatic hydroxyl groups excluding tert-OH is 2. The van der Waals surface area contributed by atoms with Gasteiger partial charge in [-0.15, -0.1) is 12.4 Å². The topological polar surface area (TPSA) is 66.5 Å². The van der Waals surface area contributed by atoms with Gasteiger partial charge in [-0.05, 0) is 44.9 Å². The molecule has 0 atom stereocenters. The fourth-order valence-corrected chi connectivity index (χ4v) is 4.25. The van der Waals surface area contributed by atoms with Crippen LogP contribution >= 0.6 is 12.4 Å². The SMILES string of the molecule is CCCCCCCC/C=C\CCCCCCCCCCCCC(N)(CCO)CCO.Cl. The van der Waals surface area contributed by atoms with Crippen molar-refractivity contribution in [1.82, 2.24) is 0 Å². The van der Waals surface area contributed by atoms with Gasteiger partial charge in [0.25, 0.3) is 0 Å². The third-order valence-corrected chi connectivity index (χ3v) is 6.41. The zero-order chi connectivity index (χ0) is 22.2. The van der Waals surface area contributed by atoms with Crippen LogP contribution in [0.25, 0.3) is 0 Å². The van der Waals surface area contributed by atoms with Gasteiger partial charge in [-0.3, -0.25) is 0 Å². The first-order valence-electron chi connectivity index (χ1n) is 13.3. The van der Waals surface area contributed by atoms with Crippen LogP contribution in [0.3, 0.4) is 0 Å². The summed E-state index contributed by atoms with van der Waals surface area (Å²) >= 11 is 0. The normalized spacial score (nSPS) is 11.9. The summed E-state index contributed by atoms with van der Waals surface area (Å²) in [4.78, 5) is 0. The molecule has 0 aliphatic carbocycles. The van der Waals surface area contributed by atoms with Gasteiger partial charge in [-0.2, -0.15) is 0 Å². The number of hydrogen-bond acceptors (Lipinski definition) is 3. The monoisotopic (exact) mass is 461 g/mol. The maximum atomic E-state index is 9.13. The second-order valence-corrected chi connectivity index (χ2v) is 9.41. The summed E-state index contributed by atoms with van der Waals surface area (Å²) < 4.78 is 0. The van der Waals surface area contributed by atoms with Crippen LogP contribution in [0.5, 0.6) is 0 Å². The quantitative estimate of drug-likeness (QED) is 0.101. The van der Waals surface area contributed by atoms with Gasteiger partial charge in [0, 0.05) is 18.8 Å². The highest BCUT2D eigenvalue weighted by Crippen LogP contribution is 2.21. The molecule has 4 N–H and O–H groups in total. The van der Waals surface area contributed by atoms with Crippen molar-refractivity contribution in [3.63, 3.8) is 0 Å². The number of hydrogen-bond donors (Lipinski definition) is 3. The maximum absolute atomic E-state index is 9.13. The third kappa shape index (κ3) is 24.4. The van der Waals surface area contributed by atoms with Gasteiger partial charge < -0.3 is 15.9 Å². The molecule has 0 aromatic heterocycles. The Bertz CT molecular complexity index is 357. The maximum Gasteiger partial charge on any atom is 0.0448 e. The van der Waals surface area contributed by atoms with Crippen LogP contribution in [0.2, 0.25) is 0 Å². The zero-order valence-electron chi connectivity index (χ0n) is 20.8. The third-order valence-electron chi connectivity index (χ3n) is 6.41. The van der Waals surface area contributed by atoms with E-state index in [0.717, 1.165) is 12.8 Å². The van der Waals surface area contributed by atoms with E-state index >= 15 is 0 Å². The highest BCUT2D eigenvalue weighted by atomic mass is 35.5. The summed E-state index contributed by atoms with van der Waals surface area (Å²) in [7, 11) is 0. The smallest absolute Gasteiger partial charge is 0.0448 e. The summed E-state index contributed by atoms with van der Waals surface area (Å²) in [6, 6.07) is 0. The Kier molecular flexibility index (Phi) is 27.9. The second-order valence-electron chi connectivity index (χ2n) is 9.41. The predicted octanol–water partition coefficient (Wildman–Crippen LogP) is 7.86. The first kappa shape index (κ1) is 33.1. The molecule has 0 saturated heterocycles. The van der Waals surface area contributed by atoms with Gasteiger partial charge in [0.2, 0.25) is 0 Å². The van der Waals surface area contributed by atoms with Crippen LogP contribution < -0.4 is 5.73 Å². The van der Waals surface area contributed by atoms with Gasteiger partial charge in [0.15, 0.2) is 0 Å². The van der Waals surface area contributed by atoms with Crippen molar-refractivity contribution in [3.05, 3.63) is 12.2 Å². The number of nitrogens with two attached hydrogens (primary N) is 1. The molecule has 0 fully saturated rings. The number of aliphatic hydroxyl groups is 2. The minimum atomic E-state index is -0.368. The van der Waals surface area contributed by atoms with Crippen molar-refractivity contribution in [2.75, 3.05) is 13.2 Å². The highest BCUT2D eigenvalue weighted by Gasteiger charge is 2.22. The van der Waals surface area contributed by atoms with Crippen LogP contribution in [0.4, 0.5) is 0 Å². The first-order chi connectivity index (χ1) is 14.7. The molecule has 0 aliphatic heterocycles. The van der Waals surface area contributed by atoms with Crippen molar-refractivity contribution in [1.29, 1.82) is 0 Å². The van der Waals surface area contributed by atoms with Crippen molar-refractivity contribution >= 4 is 12.4 Å². The van der Waals surface area contributed by atoms with E-state index in [1.807, 2.05) is 0 Å². The Hall–Kier alpha value is -0.0900. The molecule has 0 unspecified atom stereocenters. The first-order valence-corrected chi connectivity index (χ1v) is 13.3. The van der Waals surface area contributed by atoms with Gasteiger partial charge in [0.05, 0.1) is 0 Å². The van der Waals surface area contributed by atoms with E-state index in [9.17, 15) is 0 Å². The minimum absolute atomic E-state index is 0. The average molecular weight is 462 g/mol. The number of allylic oxidation sites excluding steroid dienone is 2. The highest BCUT2D eigenvalue weighted by molar-refractivity contribution is 5.85. The Balaban J connectivity index is 0. The van der Waals surface area contributed by atoms with Crippen LogP contribution in [-0.4, -0.2) is 29.0 Å². The van der Waals surface area contributed by atoms with E-state index in [2.05, 4.69) is 19.1 Å². The van der Waals surface area contributed by atoms with E-state index in [1.165, 1.54) is 109 Å². The summed E-state index contributed by atoms with van der Waals surface area (Å²) in [6.45, 7) is 2.51. The number of halogens is 1. The van der Waals surface area contributed by atoms with Crippen LogP contribution in [0, 0.1) is 0 Å². The Morgan fingerprint density at radius 1 is 0.548 bits per heavy atom. The minimum Gasteiger partial charge on any atom is -0.396 e. The van der Waals surface area contributed by atoms with E-state index in [1.54, 1.807) is 0 Å². The summed E-state index contributed by atoms with van der Waals surface area (Å²) in [5.74, 6) is 0. The summed E-state index contributed by atoms with van der Waals surface area (Å²) in [5.41, 5.74) is 5.91. The lowest BCUT2D eigenvalue weighted by molar-refractivity contribution is 0.183. The Morgan fingerprint density at radius 2 is 0.903 bits per heavy atom. The zero-order valence-corrected chi connectivity index (χ0v) is 21.6. The second kappa shape index (κ2) is 26.2. The molecule has 0 amide bonds. The Morgan fingerprint density at radius 3 is 1.29 bits per heavy atom. The molecule has 0 bridgehead atoms. The molecule has 0 rings (SSSR count). The van der Waals surface area contributed by atoms with Gasteiger partial charge in [-0.1, -0.05) is 109 Å². The molecule has 3 nitrogen and oxygen atoms in total. The lowest BCUT2D eigenvalue weighted by Crippen LogP contribution is -2.41. The molecule has 0 saturated carbocycles. The molecule has 188 valence electrons. The van der Waals surface area contributed by atoms with E-state index in [0.29, 0.717) is 12.8 Å². The van der Waals surface area contributed by atoms with Crippen LogP contribution in [0.1, 0.15) is 142 Å². The standard InChI is InChI=1S/C27H55NO2.ClH/c1-2-3-4-5-6-7-8-9-10-11-12-13-14-15-16-17-18-19-20-21-22-27(28,23-25-29)24-26-30;/h9-10,29-30H,2-8,11-26,28H2,1H3;1H/b10-9-;. The van der Waals surface area contributed by atoms with E-state index in [4.69, 9.17) is 15.9 Å². The Labute approximate surface area is 201 Å². The fourth-order valence-electron chi connectivity index (χ4n) is 4.25. The molecule has 4 heteroatoms. The van der Waals surface area contributed by atoms with Gasteiger partial charge in [0.1, 0.15) is 0 Å². The van der Waals surface area contributed by atoms with Crippen LogP contribution in [-0.2, 0) is 0 Å². The molecular weight excluding hydrogens is 406 g/mol. The van der Waals surface area contributed by atoms with Crippen molar-refractivity contribution in [2.45, 2.75) is 147 Å². The molecule has 0 heterocycles. The van der Waals surface area contributed by atoms with Gasteiger partial charge >= 0.3 is 0 Å². The predicted molar refractivity (Wildman–Crippen MR) is 140 cm³/mol.